The van der Waals surface area contributed by atoms with E-state index in [1.54, 1.807) is 0 Å². The molecule has 30 heavy (non-hydrogen) atoms. The third-order valence-corrected chi connectivity index (χ3v) is 4.77. The summed E-state index contributed by atoms with van der Waals surface area (Å²) in [6, 6.07) is 18.4. The summed E-state index contributed by atoms with van der Waals surface area (Å²) in [6.45, 7) is 9.38. The number of rotatable bonds is 9. The highest BCUT2D eigenvalue weighted by Gasteiger charge is 2.12. The summed E-state index contributed by atoms with van der Waals surface area (Å²) in [7, 11) is 0. The maximum atomic E-state index is 5.74. The molecule has 0 saturated carbocycles. The quantitative estimate of drug-likeness (QED) is 0.228. The lowest BCUT2D eigenvalue weighted by atomic mass is 10.1. The van der Waals surface area contributed by atoms with Gasteiger partial charge in [0.2, 0.25) is 0 Å². The first-order valence-corrected chi connectivity index (χ1v) is 10.4. The topological polar surface area (TPSA) is 58.1 Å². The lowest BCUT2D eigenvalue weighted by Gasteiger charge is -2.27. The number of benzene rings is 2. The van der Waals surface area contributed by atoms with Crippen molar-refractivity contribution in [2.75, 3.05) is 46.0 Å². The molecule has 0 aliphatic carbocycles. The van der Waals surface area contributed by atoms with Crippen molar-refractivity contribution in [3.8, 4) is 5.75 Å². The normalized spacial score (nSPS) is 14.6. The zero-order valence-electron chi connectivity index (χ0n) is 17.7. The van der Waals surface area contributed by atoms with Gasteiger partial charge in [0.1, 0.15) is 12.4 Å². The molecule has 7 heteroatoms. The molecular weight excluding hydrogens is 491 g/mol. The van der Waals surface area contributed by atoms with Crippen LogP contribution in [0, 0.1) is 0 Å². The van der Waals surface area contributed by atoms with E-state index in [0.29, 0.717) is 19.7 Å². The molecule has 0 aromatic heterocycles. The number of hydrogen-bond donors (Lipinski definition) is 2. The van der Waals surface area contributed by atoms with Crippen LogP contribution in [0.3, 0.4) is 0 Å². The van der Waals surface area contributed by atoms with Crippen LogP contribution in [0.1, 0.15) is 18.1 Å². The minimum absolute atomic E-state index is 0. The molecule has 6 nitrogen and oxygen atoms in total. The van der Waals surface area contributed by atoms with Crippen LogP contribution in [0.4, 0.5) is 0 Å². The van der Waals surface area contributed by atoms with Crippen molar-refractivity contribution in [2.24, 2.45) is 4.99 Å². The zero-order valence-corrected chi connectivity index (χ0v) is 20.0. The standard InChI is InChI=1S/C23H32N4O2.HI/c1-2-24-23(25-12-15-29-22-10-4-3-5-11-22)26-18-20-8-6-7-9-21(20)19-27-13-16-28-17-14-27;/h3-11H,2,12-19H2,1H3,(H2,24,25,26);1H. The minimum atomic E-state index is 0. The number of nitrogens with zero attached hydrogens (tertiary/aromatic N) is 2. The van der Waals surface area contributed by atoms with Crippen LogP contribution in [0.2, 0.25) is 0 Å². The van der Waals surface area contributed by atoms with E-state index in [1.807, 2.05) is 30.3 Å². The van der Waals surface area contributed by atoms with Gasteiger partial charge in [-0.3, -0.25) is 4.90 Å². The van der Waals surface area contributed by atoms with Gasteiger partial charge in [-0.25, -0.2) is 4.99 Å². The maximum absolute atomic E-state index is 5.74. The highest BCUT2D eigenvalue weighted by atomic mass is 127. The molecule has 164 valence electrons. The minimum Gasteiger partial charge on any atom is -0.492 e. The summed E-state index contributed by atoms with van der Waals surface area (Å²) >= 11 is 0. The molecule has 1 heterocycles. The first-order chi connectivity index (χ1) is 14.3. The number of aliphatic imine (C=N–C) groups is 1. The first-order valence-electron chi connectivity index (χ1n) is 10.4. The summed E-state index contributed by atoms with van der Waals surface area (Å²) in [5.41, 5.74) is 2.60. The van der Waals surface area contributed by atoms with E-state index < -0.39 is 0 Å². The van der Waals surface area contributed by atoms with E-state index in [2.05, 4.69) is 46.7 Å². The second-order valence-corrected chi connectivity index (χ2v) is 6.94. The number of para-hydroxylation sites is 1. The highest BCUT2D eigenvalue weighted by Crippen LogP contribution is 2.14. The van der Waals surface area contributed by atoms with Gasteiger partial charge < -0.3 is 20.1 Å². The molecule has 0 radical (unpaired) electrons. The summed E-state index contributed by atoms with van der Waals surface area (Å²) in [5.74, 6) is 1.69. The summed E-state index contributed by atoms with van der Waals surface area (Å²) < 4.78 is 11.2. The van der Waals surface area contributed by atoms with Crippen LogP contribution >= 0.6 is 24.0 Å². The van der Waals surface area contributed by atoms with Gasteiger partial charge in [-0.05, 0) is 30.2 Å². The van der Waals surface area contributed by atoms with Gasteiger partial charge in [-0.15, -0.1) is 24.0 Å². The number of nitrogens with one attached hydrogen (secondary N) is 2. The Morgan fingerprint density at radius 3 is 2.43 bits per heavy atom. The average Bonchev–Trinajstić information content (AvgIpc) is 2.77. The predicted molar refractivity (Wildman–Crippen MR) is 133 cm³/mol. The van der Waals surface area contributed by atoms with Gasteiger partial charge in [0.05, 0.1) is 26.3 Å². The Labute approximate surface area is 197 Å². The van der Waals surface area contributed by atoms with Gasteiger partial charge in [0, 0.05) is 26.2 Å². The third-order valence-electron chi connectivity index (χ3n) is 4.77. The van der Waals surface area contributed by atoms with E-state index in [1.165, 1.54) is 11.1 Å². The van der Waals surface area contributed by atoms with Gasteiger partial charge >= 0.3 is 0 Å². The number of hydrogen-bond acceptors (Lipinski definition) is 4. The first kappa shape index (κ1) is 24.4. The Hall–Kier alpha value is -1.84. The molecule has 0 amide bonds. The van der Waals surface area contributed by atoms with Crippen LogP contribution in [0.15, 0.2) is 59.6 Å². The van der Waals surface area contributed by atoms with Gasteiger partial charge in [0.25, 0.3) is 0 Å². The van der Waals surface area contributed by atoms with Crippen molar-refractivity contribution in [3.05, 3.63) is 65.7 Å². The average molecular weight is 524 g/mol. The van der Waals surface area contributed by atoms with Crippen LogP contribution in [-0.2, 0) is 17.8 Å². The summed E-state index contributed by atoms with van der Waals surface area (Å²) in [5, 5.41) is 6.66. The second kappa shape index (κ2) is 14.2. The molecule has 0 atom stereocenters. The monoisotopic (exact) mass is 524 g/mol. The van der Waals surface area contributed by atoms with Gasteiger partial charge in [-0.1, -0.05) is 42.5 Å². The number of halogens is 1. The van der Waals surface area contributed by atoms with Crippen molar-refractivity contribution in [3.63, 3.8) is 0 Å². The van der Waals surface area contributed by atoms with Crippen LogP contribution in [-0.4, -0.2) is 56.9 Å². The molecule has 0 bridgehead atoms. The molecule has 2 aromatic carbocycles. The maximum Gasteiger partial charge on any atom is 0.191 e. The van der Waals surface area contributed by atoms with E-state index in [-0.39, 0.29) is 24.0 Å². The van der Waals surface area contributed by atoms with Crippen molar-refractivity contribution in [2.45, 2.75) is 20.0 Å². The fourth-order valence-corrected chi connectivity index (χ4v) is 3.23. The Morgan fingerprint density at radius 2 is 1.70 bits per heavy atom. The SMILES string of the molecule is CCNC(=NCc1ccccc1CN1CCOCC1)NCCOc1ccccc1.I. The molecule has 0 spiro atoms. The largest absolute Gasteiger partial charge is 0.492 e. The smallest absolute Gasteiger partial charge is 0.191 e. The number of guanidine groups is 1. The lowest BCUT2D eigenvalue weighted by Crippen LogP contribution is -2.39. The molecule has 2 N–H and O–H groups in total. The van der Waals surface area contributed by atoms with Crippen molar-refractivity contribution in [1.82, 2.24) is 15.5 Å². The fraction of sp³-hybridized carbons (Fsp3) is 0.435. The molecule has 3 rings (SSSR count). The summed E-state index contributed by atoms with van der Waals surface area (Å²) in [6.07, 6.45) is 0. The Balaban J connectivity index is 0.00000320. The van der Waals surface area contributed by atoms with Crippen LogP contribution in [0.5, 0.6) is 5.75 Å². The van der Waals surface area contributed by atoms with E-state index in [4.69, 9.17) is 14.5 Å². The van der Waals surface area contributed by atoms with E-state index in [9.17, 15) is 0 Å². The summed E-state index contributed by atoms with van der Waals surface area (Å²) in [4.78, 5) is 7.22. The third kappa shape index (κ3) is 8.49. The molecular formula is C23H33IN4O2. The molecule has 1 aliphatic heterocycles. The molecule has 1 saturated heterocycles. The lowest BCUT2D eigenvalue weighted by molar-refractivity contribution is 0.0341. The molecule has 1 fully saturated rings. The Kier molecular flexibility index (Phi) is 11.6. The molecule has 0 unspecified atom stereocenters. The highest BCUT2D eigenvalue weighted by molar-refractivity contribution is 14.0. The number of morpholine rings is 1. The number of ether oxygens (including phenoxy) is 2. The fourth-order valence-electron chi connectivity index (χ4n) is 3.23. The second-order valence-electron chi connectivity index (χ2n) is 6.94. The van der Waals surface area contributed by atoms with Crippen molar-refractivity contribution < 1.29 is 9.47 Å². The van der Waals surface area contributed by atoms with Crippen molar-refractivity contribution >= 4 is 29.9 Å². The van der Waals surface area contributed by atoms with Crippen molar-refractivity contribution in [1.29, 1.82) is 0 Å². The van der Waals surface area contributed by atoms with E-state index >= 15 is 0 Å². The van der Waals surface area contributed by atoms with Crippen LogP contribution in [0.25, 0.3) is 0 Å². The van der Waals surface area contributed by atoms with Gasteiger partial charge in [0.15, 0.2) is 5.96 Å². The molecule has 1 aliphatic rings. The van der Waals surface area contributed by atoms with E-state index in [0.717, 1.165) is 51.1 Å². The Bertz CT molecular complexity index is 752. The molecule has 2 aromatic rings. The Morgan fingerprint density at radius 1 is 1.00 bits per heavy atom. The predicted octanol–water partition coefficient (Wildman–Crippen LogP) is 3.27. The zero-order chi connectivity index (χ0) is 20.2. The van der Waals surface area contributed by atoms with Crippen LogP contribution < -0.4 is 15.4 Å². The van der Waals surface area contributed by atoms with Gasteiger partial charge in [-0.2, -0.15) is 0 Å².